The Bertz CT molecular complexity index is 1230. The topological polar surface area (TPSA) is 130 Å². The van der Waals surface area contributed by atoms with Gasteiger partial charge in [-0.05, 0) is 19.1 Å². The van der Waals surface area contributed by atoms with E-state index in [4.69, 9.17) is 19.6 Å². The maximum absolute atomic E-state index is 12.7. The number of benzene rings is 2. The predicted molar refractivity (Wildman–Crippen MR) is 118 cm³/mol. The van der Waals surface area contributed by atoms with Crippen molar-refractivity contribution in [3.05, 3.63) is 65.7 Å². The van der Waals surface area contributed by atoms with Crippen LogP contribution in [0.15, 0.2) is 52.9 Å². The van der Waals surface area contributed by atoms with Gasteiger partial charge in [0.1, 0.15) is 23.0 Å². The van der Waals surface area contributed by atoms with E-state index in [2.05, 4.69) is 20.6 Å². The lowest BCUT2D eigenvalue weighted by Crippen LogP contribution is -2.15. The molecule has 0 fully saturated rings. The van der Waals surface area contributed by atoms with E-state index in [-0.39, 0.29) is 18.1 Å². The van der Waals surface area contributed by atoms with E-state index >= 15 is 0 Å². The zero-order chi connectivity index (χ0) is 22.7. The van der Waals surface area contributed by atoms with E-state index in [0.717, 1.165) is 5.56 Å². The molecule has 0 aliphatic carbocycles. The van der Waals surface area contributed by atoms with Gasteiger partial charge in [0.25, 0.3) is 5.91 Å². The van der Waals surface area contributed by atoms with E-state index in [1.807, 2.05) is 37.3 Å². The normalized spacial score (nSPS) is 10.7. The molecule has 2 aromatic carbocycles. The van der Waals surface area contributed by atoms with Gasteiger partial charge in [0, 0.05) is 29.4 Å². The highest BCUT2D eigenvalue weighted by molar-refractivity contribution is 6.05. The average molecular weight is 434 g/mol. The van der Waals surface area contributed by atoms with E-state index in [1.165, 1.54) is 18.9 Å². The predicted octanol–water partition coefficient (Wildman–Crippen LogP) is 3.14. The van der Waals surface area contributed by atoms with Crippen LogP contribution in [0.4, 0.5) is 11.5 Å². The molecule has 164 valence electrons. The summed E-state index contributed by atoms with van der Waals surface area (Å²) in [5.41, 5.74) is 8.13. The molecule has 2 heterocycles. The van der Waals surface area contributed by atoms with Gasteiger partial charge in [0.2, 0.25) is 5.89 Å². The number of anilines is 2. The molecule has 0 aliphatic heterocycles. The average Bonchev–Trinajstić information content (AvgIpc) is 3.36. The van der Waals surface area contributed by atoms with Gasteiger partial charge in [-0.15, -0.1) is 5.10 Å². The third-order valence-electron chi connectivity index (χ3n) is 4.81. The molecule has 0 saturated carbocycles. The fourth-order valence-electron chi connectivity index (χ4n) is 3.09. The first-order valence-corrected chi connectivity index (χ1v) is 9.73. The molecule has 1 amide bonds. The summed E-state index contributed by atoms with van der Waals surface area (Å²) in [6, 6.07) is 14.6. The third-order valence-corrected chi connectivity index (χ3v) is 4.81. The van der Waals surface area contributed by atoms with Crippen molar-refractivity contribution in [3.63, 3.8) is 0 Å². The van der Waals surface area contributed by atoms with E-state index in [1.54, 1.807) is 18.2 Å². The Morgan fingerprint density at radius 3 is 2.47 bits per heavy atom. The van der Waals surface area contributed by atoms with E-state index in [9.17, 15) is 4.79 Å². The number of nitrogens with one attached hydrogen (secondary N) is 1. The van der Waals surface area contributed by atoms with Gasteiger partial charge in [-0.3, -0.25) is 4.79 Å². The summed E-state index contributed by atoms with van der Waals surface area (Å²) in [7, 11) is 3.05. The number of nitrogens with zero attached hydrogens (tertiary/aromatic N) is 4. The lowest BCUT2D eigenvalue weighted by atomic mass is 10.2. The molecule has 0 saturated heterocycles. The number of amides is 1. The highest BCUT2D eigenvalue weighted by Crippen LogP contribution is 2.27. The molecule has 2 aromatic heterocycles. The molecule has 0 radical (unpaired) electrons. The second kappa shape index (κ2) is 8.80. The molecule has 0 bridgehead atoms. The van der Waals surface area contributed by atoms with Crippen molar-refractivity contribution >= 4 is 17.4 Å². The van der Waals surface area contributed by atoms with Crippen LogP contribution in [0.25, 0.3) is 11.5 Å². The number of aromatic nitrogens is 4. The largest absolute Gasteiger partial charge is 0.497 e. The molecule has 4 aromatic rings. The minimum absolute atomic E-state index is 0.00350. The minimum Gasteiger partial charge on any atom is -0.497 e. The van der Waals surface area contributed by atoms with Crippen LogP contribution in [-0.4, -0.2) is 40.1 Å². The summed E-state index contributed by atoms with van der Waals surface area (Å²) >= 11 is 0. The number of carbonyl (C=O) groups is 1. The van der Waals surface area contributed by atoms with E-state index < -0.39 is 5.91 Å². The number of hydrogen-bond acceptors (Lipinski definition) is 8. The van der Waals surface area contributed by atoms with Gasteiger partial charge in [-0.25, -0.2) is 9.67 Å². The van der Waals surface area contributed by atoms with Gasteiger partial charge < -0.3 is 24.9 Å². The molecule has 3 N–H and O–H groups in total. The van der Waals surface area contributed by atoms with Crippen LogP contribution in [0, 0.1) is 6.92 Å². The van der Waals surface area contributed by atoms with Crippen LogP contribution >= 0.6 is 0 Å². The van der Waals surface area contributed by atoms with Crippen molar-refractivity contribution in [2.45, 2.75) is 13.5 Å². The second-order valence-corrected chi connectivity index (χ2v) is 6.92. The van der Waals surface area contributed by atoms with Gasteiger partial charge >= 0.3 is 0 Å². The zero-order valence-corrected chi connectivity index (χ0v) is 17.8. The first-order valence-electron chi connectivity index (χ1n) is 9.73. The number of rotatable bonds is 7. The van der Waals surface area contributed by atoms with Gasteiger partial charge in [-0.1, -0.05) is 23.4 Å². The Balaban J connectivity index is 1.53. The zero-order valence-electron chi connectivity index (χ0n) is 17.8. The van der Waals surface area contributed by atoms with Crippen LogP contribution in [0.5, 0.6) is 11.5 Å². The monoisotopic (exact) mass is 434 g/mol. The van der Waals surface area contributed by atoms with Gasteiger partial charge in [0.15, 0.2) is 11.5 Å². The Kier molecular flexibility index (Phi) is 5.75. The Morgan fingerprint density at radius 2 is 1.81 bits per heavy atom. The number of aryl methyl sites for hydroxylation is 1. The smallest absolute Gasteiger partial charge is 0.280 e. The van der Waals surface area contributed by atoms with Crippen molar-refractivity contribution < 1.29 is 18.7 Å². The van der Waals surface area contributed by atoms with Gasteiger partial charge in [-0.2, -0.15) is 0 Å². The number of carbonyl (C=O) groups excluding carboxylic acids is 1. The lowest BCUT2D eigenvalue weighted by molar-refractivity contribution is 0.102. The van der Waals surface area contributed by atoms with Crippen LogP contribution in [-0.2, 0) is 6.54 Å². The van der Waals surface area contributed by atoms with Crippen molar-refractivity contribution in [2.75, 3.05) is 25.3 Å². The van der Waals surface area contributed by atoms with Crippen molar-refractivity contribution in [1.82, 2.24) is 20.0 Å². The number of ether oxygens (including phenoxy) is 2. The minimum atomic E-state index is -0.508. The van der Waals surface area contributed by atoms with Crippen molar-refractivity contribution in [2.24, 2.45) is 0 Å². The molecular formula is C22H22N6O4. The SMILES string of the molecule is COc1cc(NC(=O)c2nnn(Cc3nc(-c4ccccc4)oc3C)c2N)cc(OC)c1. The quantitative estimate of drug-likeness (QED) is 0.454. The molecule has 4 rings (SSSR count). The Labute approximate surface area is 184 Å². The first kappa shape index (κ1) is 20.9. The highest BCUT2D eigenvalue weighted by atomic mass is 16.5. The van der Waals surface area contributed by atoms with Crippen LogP contribution < -0.4 is 20.5 Å². The Morgan fingerprint density at radius 1 is 1.12 bits per heavy atom. The highest BCUT2D eigenvalue weighted by Gasteiger charge is 2.20. The van der Waals surface area contributed by atoms with Crippen molar-refractivity contribution in [3.8, 4) is 23.0 Å². The molecule has 0 aliphatic rings. The Hall–Kier alpha value is -4.34. The molecule has 0 unspecified atom stereocenters. The summed E-state index contributed by atoms with van der Waals surface area (Å²) in [6.07, 6.45) is 0. The third kappa shape index (κ3) is 4.24. The maximum Gasteiger partial charge on any atom is 0.280 e. The van der Waals surface area contributed by atoms with E-state index in [0.29, 0.717) is 34.5 Å². The summed E-state index contributed by atoms with van der Waals surface area (Å²) in [6.45, 7) is 2.02. The van der Waals surface area contributed by atoms with Crippen molar-refractivity contribution in [1.29, 1.82) is 0 Å². The number of hydrogen-bond donors (Lipinski definition) is 2. The van der Waals surface area contributed by atoms with Crippen LogP contribution in [0.2, 0.25) is 0 Å². The summed E-state index contributed by atoms with van der Waals surface area (Å²) in [5.74, 6) is 1.81. The summed E-state index contributed by atoms with van der Waals surface area (Å²) in [5, 5.41) is 10.7. The maximum atomic E-state index is 12.7. The fraction of sp³-hybridized carbons (Fsp3) is 0.182. The number of nitrogen functional groups attached to an aromatic ring is 1. The lowest BCUT2D eigenvalue weighted by Gasteiger charge is -2.09. The standard InChI is InChI=1S/C22H22N6O4/c1-13-18(25-22(32-13)14-7-5-4-6-8-14)12-28-20(23)19(26-27-28)21(29)24-15-9-16(30-2)11-17(10-15)31-3/h4-11H,12,23H2,1-3H3,(H,24,29). The number of methoxy groups -OCH3 is 2. The summed E-state index contributed by atoms with van der Waals surface area (Å²) in [4.78, 5) is 17.3. The molecule has 0 spiro atoms. The van der Waals surface area contributed by atoms with Gasteiger partial charge in [0.05, 0.1) is 20.8 Å². The number of nitrogens with two attached hydrogens (primary N) is 1. The first-order chi connectivity index (χ1) is 15.5. The second-order valence-electron chi connectivity index (χ2n) is 6.92. The van der Waals surface area contributed by atoms with Crippen LogP contribution in [0.1, 0.15) is 21.9 Å². The molecule has 10 nitrogen and oxygen atoms in total. The molecule has 10 heteroatoms. The van der Waals surface area contributed by atoms with Crippen LogP contribution in [0.3, 0.4) is 0 Å². The fourth-order valence-corrected chi connectivity index (χ4v) is 3.09. The summed E-state index contributed by atoms with van der Waals surface area (Å²) < 4.78 is 17.6. The molecular weight excluding hydrogens is 412 g/mol. The molecule has 32 heavy (non-hydrogen) atoms. The molecule has 0 atom stereocenters. The number of oxazole rings is 1.